The molecule has 0 radical (unpaired) electrons. The van der Waals surface area contributed by atoms with E-state index in [-0.39, 0.29) is 34.2 Å². The lowest BCUT2D eigenvalue weighted by molar-refractivity contribution is -0.148. The second-order valence-corrected chi connectivity index (χ2v) is 11.8. The van der Waals surface area contributed by atoms with Crippen LogP contribution in [0.5, 0.6) is 0 Å². The summed E-state index contributed by atoms with van der Waals surface area (Å²) in [5, 5.41) is 3.13. The number of carbonyl (C=O) groups excluding carboxylic acids is 3. The summed E-state index contributed by atoms with van der Waals surface area (Å²) >= 11 is 0. The van der Waals surface area contributed by atoms with Gasteiger partial charge in [-0.05, 0) is 33.6 Å². The van der Waals surface area contributed by atoms with Crippen LogP contribution in [0.25, 0.3) is 0 Å². The SMILES string of the molecule is CC=CC(C)C(=O)CCNC(=O)CCC(C)SSC(C)(C)COC(=O)C(C)CCC. The Morgan fingerprint density at radius 1 is 1.10 bits per heavy atom. The van der Waals surface area contributed by atoms with Crippen molar-refractivity contribution in [3.8, 4) is 0 Å². The molecule has 3 atom stereocenters. The minimum atomic E-state index is -0.188. The molecule has 0 aliphatic rings. The number of allylic oxidation sites excluding steroid dienone is 2. The smallest absolute Gasteiger partial charge is 0.308 e. The second kappa shape index (κ2) is 15.8. The summed E-state index contributed by atoms with van der Waals surface area (Å²) in [5.74, 6) is -0.156. The van der Waals surface area contributed by atoms with Crippen LogP contribution >= 0.6 is 21.6 Å². The number of esters is 1. The molecule has 0 spiro atoms. The summed E-state index contributed by atoms with van der Waals surface area (Å²) in [5.41, 5.74) is 0. The number of amides is 1. The van der Waals surface area contributed by atoms with E-state index in [1.807, 2.05) is 32.9 Å². The van der Waals surface area contributed by atoms with Gasteiger partial charge in [-0.1, -0.05) is 67.9 Å². The highest BCUT2D eigenvalue weighted by molar-refractivity contribution is 8.77. The van der Waals surface area contributed by atoms with Gasteiger partial charge in [-0.2, -0.15) is 0 Å². The maximum absolute atomic E-state index is 12.0. The Hall–Kier alpha value is -0.950. The Bertz CT molecular complexity index is 563. The van der Waals surface area contributed by atoms with Crippen molar-refractivity contribution in [2.45, 2.75) is 90.6 Å². The van der Waals surface area contributed by atoms with E-state index in [1.54, 1.807) is 21.6 Å². The molecule has 1 N–H and O–H groups in total. The second-order valence-electron chi connectivity index (χ2n) is 8.47. The topological polar surface area (TPSA) is 72.5 Å². The predicted molar refractivity (Wildman–Crippen MR) is 130 cm³/mol. The Morgan fingerprint density at radius 2 is 1.77 bits per heavy atom. The van der Waals surface area contributed by atoms with Gasteiger partial charge in [0.15, 0.2) is 0 Å². The Morgan fingerprint density at radius 3 is 2.37 bits per heavy atom. The number of hydrogen-bond donors (Lipinski definition) is 1. The lowest BCUT2D eigenvalue weighted by atomic mass is 10.0. The highest BCUT2D eigenvalue weighted by Crippen LogP contribution is 2.39. The quantitative estimate of drug-likeness (QED) is 0.184. The average molecular weight is 460 g/mol. The molecule has 1 amide bonds. The monoisotopic (exact) mass is 459 g/mol. The van der Waals surface area contributed by atoms with Crippen molar-refractivity contribution in [2.75, 3.05) is 13.2 Å². The molecule has 0 bridgehead atoms. The van der Waals surface area contributed by atoms with E-state index in [9.17, 15) is 14.4 Å². The molecule has 0 saturated heterocycles. The van der Waals surface area contributed by atoms with Crippen molar-refractivity contribution in [2.24, 2.45) is 11.8 Å². The third-order valence-electron chi connectivity index (χ3n) is 4.58. The normalized spacial score (nSPS) is 14.9. The van der Waals surface area contributed by atoms with Gasteiger partial charge >= 0.3 is 5.97 Å². The summed E-state index contributed by atoms with van der Waals surface area (Å²) in [4.78, 5) is 35.9. The van der Waals surface area contributed by atoms with Gasteiger partial charge in [0.2, 0.25) is 5.91 Å². The molecule has 30 heavy (non-hydrogen) atoms. The van der Waals surface area contributed by atoms with Crippen LogP contribution in [0.2, 0.25) is 0 Å². The van der Waals surface area contributed by atoms with Gasteiger partial charge in [0.1, 0.15) is 12.4 Å². The van der Waals surface area contributed by atoms with Crippen LogP contribution in [0.3, 0.4) is 0 Å². The fourth-order valence-corrected chi connectivity index (χ4v) is 5.05. The first-order valence-electron chi connectivity index (χ1n) is 11.0. The van der Waals surface area contributed by atoms with Gasteiger partial charge < -0.3 is 10.1 Å². The molecule has 5 nitrogen and oxygen atoms in total. The van der Waals surface area contributed by atoms with Crippen LogP contribution in [-0.2, 0) is 19.1 Å². The van der Waals surface area contributed by atoms with Crippen LogP contribution in [0, 0.1) is 11.8 Å². The molecule has 0 aromatic carbocycles. The van der Waals surface area contributed by atoms with Crippen LogP contribution in [-0.4, -0.2) is 40.8 Å². The zero-order valence-electron chi connectivity index (χ0n) is 19.8. The highest BCUT2D eigenvalue weighted by Gasteiger charge is 2.24. The van der Waals surface area contributed by atoms with E-state index in [2.05, 4.69) is 33.0 Å². The van der Waals surface area contributed by atoms with Crippen molar-refractivity contribution >= 4 is 39.2 Å². The summed E-state index contributed by atoms with van der Waals surface area (Å²) in [6, 6.07) is 0. The summed E-state index contributed by atoms with van der Waals surface area (Å²) in [6.07, 6.45) is 7.13. The van der Waals surface area contributed by atoms with E-state index in [0.29, 0.717) is 31.2 Å². The fraction of sp³-hybridized carbons (Fsp3) is 0.783. The lowest BCUT2D eigenvalue weighted by Gasteiger charge is -2.25. The van der Waals surface area contributed by atoms with Gasteiger partial charge in [-0.25, -0.2) is 0 Å². The number of ketones is 1. The van der Waals surface area contributed by atoms with Crippen molar-refractivity contribution in [3.05, 3.63) is 12.2 Å². The number of ether oxygens (including phenoxy) is 1. The fourth-order valence-electron chi connectivity index (χ4n) is 2.59. The minimum Gasteiger partial charge on any atom is -0.464 e. The Labute approximate surface area is 191 Å². The molecule has 7 heteroatoms. The third-order valence-corrected chi connectivity index (χ3v) is 8.44. The maximum Gasteiger partial charge on any atom is 0.308 e. The van der Waals surface area contributed by atoms with Crippen molar-refractivity contribution in [1.29, 1.82) is 0 Å². The van der Waals surface area contributed by atoms with E-state index >= 15 is 0 Å². The van der Waals surface area contributed by atoms with Crippen molar-refractivity contribution < 1.29 is 19.1 Å². The van der Waals surface area contributed by atoms with Crippen molar-refractivity contribution in [3.63, 3.8) is 0 Å². The number of hydrogen-bond acceptors (Lipinski definition) is 6. The molecular weight excluding hydrogens is 418 g/mol. The first-order valence-corrected chi connectivity index (χ1v) is 13.2. The number of rotatable bonds is 16. The largest absolute Gasteiger partial charge is 0.464 e. The first-order chi connectivity index (χ1) is 14.0. The zero-order chi connectivity index (χ0) is 23.2. The van der Waals surface area contributed by atoms with Gasteiger partial charge in [0.25, 0.3) is 0 Å². The van der Waals surface area contributed by atoms with E-state index < -0.39 is 0 Å². The molecule has 174 valence electrons. The van der Waals surface area contributed by atoms with Gasteiger partial charge in [-0.3, -0.25) is 14.4 Å². The summed E-state index contributed by atoms with van der Waals surface area (Å²) in [6.45, 7) is 14.7. The molecule has 0 aliphatic heterocycles. The van der Waals surface area contributed by atoms with E-state index in [1.165, 1.54) is 0 Å². The molecule has 0 aromatic rings. The molecule has 0 heterocycles. The van der Waals surface area contributed by atoms with Gasteiger partial charge in [0.05, 0.1) is 10.7 Å². The van der Waals surface area contributed by atoms with Crippen LogP contribution in [0.15, 0.2) is 12.2 Å². The average Bonchev–Trinajstić information content (AvgIpc) is 2.69. The van der Waals surface area contributed by atoms with Crippen LogP contribution < -0.4 is 5.32 Å². The minimum absolute atomic E-state index is 0.0166. The first kappa shape index (κ1) is 29.1. The highest BCUT2D eigenvalue weighted by atomic mass is 33.1. The molecule has 0 fully saturated rings. The Kier molecular flexibility index (Phi) is 15.3. The van der Waals surface area contributed by atoms with Crippen molar-refractivity contribution in [1.82, 2.24) is 5.32 Å². The summed E-state index contributed by atoms with van der Waals surface area (Å²) in [7, 11) is 3.41. The third kappa shape index (κ3) is 14.1. The Balaban J connectivity index is 4.06. The van der Waals surface area contributed by atoms with Gasteiger partial charge in [-0.15, -0.1) is 0 Å². The molecule has 0 aliphatic carbocycles. The number of carbonyl (C=O) groups is 3. The van der Waals surface area contributed by atoms with Crippen LogP contribution in [0.1, 0.15) is 80.6 Å². The van der Waals surface area contributed by atoms with E-state index in [4.69, 9.17) is 4.74 Å². The molecule has 0 saturated carbocycles. The molecule has 3 unspecified atom stereocenters. The van der Waals surface area contributed by atoms with Gasteiger partial charge in [0, 0.05) is 30.6 Å². The number of Topliss-reactive ketones (excluding diaryl/α,β-unsaturated/α-hetero) is 1. The lowest BCUT2D eigenvalue weighted by Crippen LogP contribution is -2.28. The maximum atomic E-state index is 12.0. The summed E-state index contributed by atoms with van der Waals surface area (Å²) < 4.78 is 5.29. The molecule has 0 aromatic heterocycles. The standard InChI is InChI=1S/C23H41NO4S2/c1-8-10-17(3)20(25)14-15-24-21(26)13-12-19(5)29-30-23(6,7)16-28-22(27)18(4)11-9-2/h8,10,17-19H,9,11-16H2,1-7H3,(H,24,26). The molecular formula is C23H41NO4S2. The molecule has 0 rings (SSSR count). The van der Waals surface area contributed by atoms with Crippen LogP contribution in [0.4, 0.5) is 0 Å². The van der Waals surface area contributed by atoms with E-state index in [0.717, 1.165) is 19.3 Å². The number of nitrogens with one attached hydrogen (secondary N) is 1. The predicted octanol–water partition coefficient (Wildman–Crippen LogP) is 5.58. The zero-order valence-corrected chi connectivity index (χ0v) is 21.4.